The molecule has 1 fully saturated rings. The molecule has 1 N–H and O–H groups in total. The van der Waals surface area contributed by atoms with Crippen molar-refractivity contribution in [3.63, 3.8) is 0 Å². The Bertz CT molecular complexity index is 448. The minimum absolute atomic E-state index is 0.123. The molecule has 0 unspecified atom stereocenters. The zero-order valence-electron chi connectivity index (χ0n) is 9.48. The normalized spacial score (nSPS) is 16.8. The Balaban J connectivity index is 2.03. The Labute approximate surface area is 99.9 Å². The number of hydrogen-bond acceptors (Lipinski definition) is 3. The average molecular weight is 230 g/mol. The quantitative estimate of drug-likeness (QED) is 0.639. The summed E-state index contributed by atoms with van der Waals surface area (Å²) in [6.45, 7) is 0. The maximum atomic E-state index is 11.8. The van der Waals surface area contributed by atoms with Gasteiger partial charge in [0, 0.05) is 11.6 Å². The van der Waals surface area contributed by atoms with E-state index >= 15 is 0 Å². The van der Waals surface area contributed by atoms with Crippen molar-refractivity contribution < 1.29 is 9.21 Å². The topological polar surface area (TPSA) is 66.0 Å². The van der Waals surface area contributed by atoms with E-state index < -0.39 is 0 Å². The standard InChI is InChI=1S/C13H14N2O2/c14-8-11(7-10-5-6-17-9-10)13(16)15-12-3-1-2-4-12/h5-7,9,12H,1-4H2,(H,15,16)/b11-7-. The first-order valence-corrected chi connectivity index (χ1v) is 5.74. The van der Waals surface area contributed by atoms with Crippen LogP contribution in [0.3, 0.4) is 0 Å². The summed E-state index contributed by atoms with van der Waals surface area (Å²) in [4.78, 5) is 11.8. The van der Waals surface area contributed by atoms with Gasteiger partial charge in [0.15, 0.2) is 0 Å². The lowest BCUT2D eigenvalue weighted by Crippen LogP contribution is -2.33. The molecule has 0 spiro atoms. The molecule has 4 heteroatoms. The lowest BCUT2D eigenvalue weighted by Gasteiger charge is -2.10. The monoisotopic (exact) mass is 230 g/mol. The van der Waals surface area contributed by atoms with Gasteiger partial charge in [-0.25, -0.2) is 0 Å². The third-order valence-electron chi connectivity index (χ3n) is 2.91. The van der Waals surface area contributed by atoms with Crippen molar-refractivity contribution >= 4 is 12.0 Å². The van der Waals surface area contributed by atoms with E-state index in [1.165, 1.54) is 18.6 Å². The molecule has 0 radical (unpaired) electrons. The molecule has 0 saturated heterocycles. The molecule has 0 aromatic carbocycles. The van der Waals surface area contributed by atoms with Gasteiger partial charge in [0.25, 0.3) is 5.91 Å². The number of rotatable bonds is 3. The van der Waals surface area contributed by atoms with Crippen molar-refractivity contribution in [1.29, 1.82) is 5.26 Å². The molecule has 1 aromatic heterocycles. The van der Waals surface area contributed by atoms with E-state index in [-0.39, 0.29) is 17.5 Å². The first-order valence-electron chi connectivity index (χ1n) is 5.74. The molecule has 17 heavy (non-hydrogen) atoms. The van der Waals surface area contributed by atoms with Gasteiger partial charge in [0.2, 0.25) is 0 Å². The van der Waals surface area contributed by atoms with Gasteiger partial charge >= 0.3 is 0 Å². The minimum Gasteiger partial charge on any atom is -0.472 e. The van der Waals surface area contributed by atoms with Gasteiger partial charge in [0.05, 0.1) is 12.5 Å². The van der Waals surface area contributed by atoms with Crippen LogP contribution in [0.2, 0.25) is 0 Å². The van der Waals surface area contributed by atoms with E-state index in [9.17, 15) is 4.79 Å². The Hall–Kier alpha value is -2.02. The highest BCUT2D eigenvalue weighted by molar-refractivity contribution is 6.01. The van der Waals surface area contributed by atoms with Crippen LogP contribution >= 0.6 is 0 Å². The zero-order valence-corrected chi connectivity index (χ0v) is 9.48. The van der Waals surface area contributed by atoms with Crippen LogP contribution < -0.4 is 5.32 Å². The van der Waals surface area contributed by atoms with E-state index in [0.29, 0.717) is 0 Å². The number of carbonyl (C=O) groups excluding carboxylic acids is 1. The zero-order chi connectivity index (χ0) is 12.1. The summed E-state index contributed by atoms with van der Waals surface area (Å²) in [6.07, 6.45) is 8.87. The molecule has 2 rings (SSSR count). The van der Waals surface area contributed by atoms with Crippen LogP contribution in [-0.4, -0.2) is 11.9 Å². The van der Waals surface area contributed by atoms with Crippen LogP contribution in [0.4, 0.5) is 0 Å². The van der Waals surface area contributed by atoms with Crippen LogP contribution in [0.15, 0.2) is 28.6 Å². The van der Waals surface area contributed by atoms with E-state index in [1.54, 1.807) is 6.07 Å². The maximum Gasteiger partial charge on any atom is 0.262 e. The Kier molecular flexibility index (Phi) is 3.61. The molecule has 0 atom stereocenters. The molecule has 1 saturated carbocycles. The number of hydrogen-bond donors (Lipinski definition) is 1. The third kappa shape index (κ3) is 2.97. The summed E-state index contributed by atoms with van der Waals surface area (Å²) >= 11 is 0. The van der Waals surface area contributed by atoms with Crippen molar-refractivity contribution in [3.05, 3.63) is 29.7 Å². The SMILES string of the molecule is N#C/C(=C/c1ccoc1)C(=O)NC1CCCC1. The molecule has 1 amide bonds. The molecule has 1 aromatic rings. The van der Waals surface area contributed by atoms with E-state index in [2.05, 4.69) is 5.32 Å². The fraction of sp³-hybridized carbons (Fsp3) is 0.385. The summed E-state index contributed by atoms with van der Waals surface area (Å²) in [6, 6.07) is 3.86. The summed E-state index contributed by atoms with van der Waals surface area (Å²) < 4.78 is 4.89. The minimum atomic E-state index is -0.291. The van der Waals surface area contributed by atoms with Gasteiger partial charge in [0.1, 0.15) is 11.6 Å². The molecule has 1 aliphatic rings. The number of carbonyl (C=O) groups is 1. The first-order chi connectivity index (χ1) is 8.29. The second-order valence-electron chi connectivity index (χ2n) is 4.18. The van der Waals surface area contributed by atoms with Crippen LogP contribution in [0, 0.1) is 11.3 Å². The maximum absolute atomic E-state index is 11.8. The van der Waals surface area contributed by atoms with Crippen LogP contribution in [0.5, 0.6) is 0 Å². The summed E-state index contributed by atoms with van der Waals surface area (Å²) in [5, 5.41) is 11.8. The fourth-order valence-electron chi connectivity index (χ4n) is 2.01. The molecule has 0 bridgehead atoms. The molecule has 4 nitrogen and oxygen atoms in total. The number of nitrogens with zero attached hydrogens (tertiary/aromatic N) is 1. The predicted octanol–water partition coefficient (Wildman–Crippen LogP) is 2.25. The van der Waals surface area contributed by atoms with Crippen LogP contribution in [0.1, 0.15) is 31.2 Å². The second-order valence-corrected chi connectivity index (χ2v) is 4.18. The Morgan fingerprint density at radius 2 is 2.29 bits per heavy atom. The largest absolute Gasteiger partial charge is 0.472 e. The van der Waals surface area contributed by atoms with Gasteiger partial charge in [-0.05, 0) is 25.0 Å². The van der Waals surface area contributed by atoms with Crippen LogP contribution in [0.25, 0.3) is 6.08 Å². The van der Waals surface area contributed by atoms with Crippen molar-refractivity contribution in [2.45, 2.75) is 31.7 Å². The highest BCUT2D eigenvalue weighted by Gasteiger charge is 2.19. The molecule has 0 aliphatic heterocycles. The van der Waals surface area contributed by atoms with Crippen molar-refractivity contribution in [2.24, 2.45) is 0 Å². The van der Waals surface area contributed by atoms with Crippen molar-refractivity contribution in [3.8, 4) is 6.07 Å². The predicted molar refractivity (Wildman–Crippen MR) is 62.7 cm³/mol. The fourth-order valence-corrected chi connectivity index (χ4v) is 2.01. The number of nitriles is 1. The average Bonchev–Trinajstić information content (AvgIpc) is 2.97. The van der Waals surface area contributed by atoms with Gasteiger partial charge in [-0.2, -0.15) is 5.26 Å². The van der Waals surface area contributed by atoms with Crippen molar-refractivity contribution in [2.75, 3.05) is 0 Å². The van der Waals surface area contributed by atoms with E-state index in [4.69, 9.17) is 9.68 Å². The van der Waals surface area contributed by atoms with Crippen LogP contribution in [-0.2, 0) is 4.79 Å². The summed E-state index contributed by atoms with van der Waals surface area (Å²) in [5.41, 5.74) is 0.849. The van der Waals surface area contributed by atoms with E-state index in [0.717, 1.165) is 31.2 Å². The van der Waals surface area contributed by atoms with Gasteiger partial charge < -0.3 is 9.73 Å². The van der Waals surface area contributed by atoms with Gasteiger partial charge in [-0.15, -0.1) is 0 Å². The second kappa shape index (κ2) is 5.35. The molecule has 1 aliphatic carbocycles. The first kappa shape index (κ1) is 11.5. The number of nitrogens with one attached hydrogen (secondary N) is 1. The van der Waals surface area contributed by atoms with Crippen molar-refractivity contribution in [1.82, 2.24) is 5.32 Å². The molecule has 88 valence electrons. The lowest BCUT2D eigenvalue weighted by atomic mass is 10.1. The Morgan fingerprint density at radius 1 is 1.53 bits per heavy atom. The molecular formula is C13H14N2O2. The molecule has 1 heterocycles. The Morgan fingerprint density at radius 3 is 2.88 bits per heavy atom. The summed E-state index contributed by atoms with van der Waals surface area (Å²) in [5.74, 6) is -0.291. The van der Waals surface area contributed by atoms with Gasteiger partial charge in [-0.1, -0.05) is 12.8 Å². The number of furan rings is 1. The highest BCUT2D eigenvalue weighted by Crippen LogP contribution is 2.18. The number of amides is 1. The lowest BCUT2D eigenvalue weighted by molar-refractivity contribution is -0.117. The summed E-state index contributed by atoms with van der Waals surface area (Å²) in [7, 11) is 0. The highest BCUT2D eigenvalue weighted by atomic mass is 16.3. The smallest absolute Gasteiger partial charge is 0.262 e. The third-order valence-corrected chi connectivity index (χ3v) is 2.91. The molecular weight excluding hydrogens is 216 g/mol. The van der Waals surface area contributed by atoms with E-state index in [1.807, 2.05) is 6.07 Å². The van der Waals surface area contributed by atoms with Gasteiger partial charge in [-0.3, -0.25) is 4.79 Å².